The van der Waals surface area contributed by atoms with E-state index in [9.17, 15) is 4.79 Å². The van der Waals surface area contributed by atoms with E-state index in [1.807, 2.05) is 24.3 Å². The lowest BCUT2D eigenvalue weighted by molar-refractivity contribution is 0.0950. The number of aromatic nitrogens is 2. The maximum Gasteiger partial charge on any atom is 0.254 e. The van der Waals surface area contributed by atoms with Gasteiger partial charge in [0.2, 0.25) is 0 Å². The molecule has 2 aromatic rings. The van der Waals surface area contributed by atoms with Gasteiger partial charge in [-0.2, -0.15) is 0 Å². The van der Waals surface area contributed by atoms with E-state index in [-0.39, 0.29) is 5.91 Å². The van der Waals surface area contributed by atoms with Crippen LogP contribution in [0.1, 0.15) is 21.7 Å². The highest BCUT2D eigenvalue weighted by Gasteiger charge is 2.08. The highest BCUT2D eigenvalue weighted by Crippen LogP contribution is 2.16. The summed E-state index contributed by atoms with van der Waals surface area (Å²) < 4.78 is 5.22. The number of nitrogens with one attached hydrogen (secondary N) is 1. The van der Waals surface area contributed by atoms with Crippen LogP contribution in [0.5, 0.6) is 5.75 Å². The molecule has 0 atom stereocenters. The molecule has 0 saturated heterocycles. The van der Waals surface area contributed by atoms with Crippen LogP contribution in [0.25, 0.3) is 0 Å². The Bertz CT molecular complexity index is 567. The first kappa shape index (κ1) is 13.0. The molecule has 1 aromatic carbocycles. The van der Waals surface area contributed by atoms with E-state index in [2.05, 4.69) is 15.3 Å². The number of hydrogen-bond acceptors (Lipinski definition) is 4. The number of carbonyl (C=O) groups excluding carboxylic acids is 1. The van der Waals surface area contributed by atoms with Gasteiger partial charge >= 0.3 is 0 Å². The summed E-state index contributed by atoms with van der Waals surface area (Å²) in [4.78, 5) is 19.9. The highest BCUT2D eigenvalue weighted by atomic mass is 16.5. The molecule has 1 N–H and O–H groups in total. The van der Waals surface area contributed by atoms with Crippen LogP contribution in [-0.4, -0.2) is 23.0 Å². The van der Waals surface area contributed by atoms with Gasteiger partial charge in [0.25, 0.3) is 5.91 Å². The zero-order valence-electron chi connectivity index (χ0n) is 10.9. The molecule has 0 saturated carbocycles. The van der Waals surface area contributed by atoms with Gasteiger partial charge in [-0.25, -0.2) is 9.97 Å². The van der Waals surface area contributed by atoms with E-state index < -0.39 is 0 Å². The van der Waals surface area contributed by atoms with Gasteiger partial charge in [-0.3, -0.25) is 4.79 Å². The van der Waals surface area contributed by atoms with Crippen LogP contribution in [0.15, 0.2) is 36.7 Å². The molecule has 0 unspecified atom stereocenters. The average Bonchev–Trinajstić information content (AvgIpc) is 2.45. The predicted octanol–water partition coefficient (Wildman–Crippen LogP) is 1.72. The minimum Gasteiger partial charge on any atom is -0.496 e. The quantitative estimate of drug-likeness (QED) is 0.905. The summed E-state index contributed by atoms with van der Waals surface area (Å²) in [6.45, 7) is 2.17. The standard InChI is InChI=1S/C14H15N3O2/c1-10-15-8-12(9-16-10)14(18)17-7-11-5-3-4-6-13(11)19-2/h3-6,8-9H,7H2,1-2H3,(H,17,18). The second-order valence-corrected chi connectivity index (χ2v) is 4.01. The van der Waals surface area contributed by atoms with Crippen LogP contribution < -0.4 is 10.1 Å². The van der Waals surface area contributed by atoms with Gasteiger partial charge in [0.05, 0.1) is 12.7 Å². The second-order valence-electron chi connectivity index (χ2n) is 4.01. The Morgan fingerprint density at radius 2 is 1.95 bits per heavy atom. The molecule has 0 radical (unpaired) electrons. The van der Waals surface area contributed by atoms with Crippen LogP contribution in [0, 0.1) is 6.92 Å². The topological polar surface area (TPSA) is 64.1 Å². The maximum atomic E-state index is 11.9. The molecule has 0 fully saturated rings. The second kappa shape index (κ2) is 5.95. The van der Waals surface area contributed by atoms with Crippen molar-refractivity contribution in [1.82, 2.24) is 15.3 Å². The van der Waals surface area contributed by atoms with Gasteiger partial charge in [-0.05, 0) is 13.0 Å². The molecule has 1 heterocycles. The van der Waals surface area contributed by atoms with Crippen molar-refractivity contribution in [3.63, 3.8) is 0 Å². The third-order valence-corrected chi connectivity index (χ3v) is 2.68. The van der Waals surface area contributed by atoms with E-state index in [1.165, 1.54) is 12.4 Å². The van der Waals surface area contributed by atoms with Crippen molar-refractivity contribution in [2.45, 2.75) is 13.5 Å². The Hall–Kier alpha value is -2.43. The molecule has 98 valence electrons. The normalized spacial score (nSPS) is 10.0. The molecule has 1 aromatic heterocycles. The Balaban J connectivity index is 2.02. The summed E-state index contributed by atoms with van der Waals surface area (Å²) in [6.07, 6.45) is 3.03. The molecule has 5 nitrogen and oxygen atoms in total. The van der Waals surface area contributed by atoms with Crippen LogP contribution in [0.3, 0.4) is 0 Å². The van der Waals surface area contributed by atoms with Crippen molar-refractivity contribution in [2.75, 3.05) is 7.11 Å². The van der Waals surface area contributed by atoms with E-state index >= 15 is 0 Å². The maximum absolute atomic E-state index is 11.9. The largest absolute Gasteiger partial charge is 0.496 e. The number of aryl methyl sites for hydroxylation is 1. The molecular weight excluding hydrogens is 242 g/mol. The summed E-state index contributed by atoms with van der Waals surface area (Å²) in [5.74, 6) is 1.19. The summed E-state index contributed by atoms with van der Waals surface area (Å²) in [5, 5.41) is 2.81. The molecule has 1 amide bonds. The fourth-order valence-electron chi connectivity index (χ4n) is 1.64. The average molecular weight is 257 g/mol. The lowest BCUT2D eigenvalue weighted by atomic mass is 10.2. The number of para-hydroxylation sites is 1. The van der Waals surface area contributed by atoms with Crippen LogP contribution in [0.2, 0.25) is 0 Å². The number of benzene rings is 1. The molecule has 0 bridgehead atoms. The Labute approximate surface area is 111 Å². The van der Waals surface area contributed by atoms with Crippen molar-refractivity contribution in [3.05, 3.63) is 53.6 Å². The number of carbonyl (C=O) groups is 1. The van der Waals surface area contributed by atoms with E-state index in [4.69, 9.17) is 4.74 Å². The lowest BCUT2D eigenvalue weighted by Crippen LogP contribution is -2.23. The molecular formula is C14H15N3O2. The highest BCUT2D eigenvalue weighted by molar-refractivity contribution is 5.93. The fourth-order valence-corrected chi connectivity index (χ4v) is 1.64. The third kappa shape index (κ3) is 3.28. The summed E-state index contributed by atoms with van der Waals surface area (Å²) in [6, 6.07) is 7.55. The zero-order chi connectivity index (χ0) is 13.7. The van der Waals surface area contributed by atoms with Crippen LogP contribution >= 0.6 is 0 Å². The molecule has 0 aliphatic carbocycles. The number of ether oxygens (including phenoxy) is 1. The van der Waals surface area contributed by atoms with E-state index in [1.54, 1.807) is 14.0 Å². The first-order valence-corrected chi connectivity index (χ1v) is 5.89. The minimum absolute atomic E-state index is 0.203. The zero-order valence-corrected chi connectivity index (χ0v) is 10.9. The summed E-state index contributed by atoms with van der Waals surface area (Å²) >= 11 is 0. The van der Waals surface area contributed by atoms with Gasteiger partial charge in [-0.15, -0.1) is 0 Å². The monoisotopic (exact) mass is 257 g/mol. The Morgan fingerprint density at radius 1 is 1.26 bits per heavy atom. The Morgan fingerprint density at radius 3 is 2.63 bits per heavy atom. The number of rotatable bonds is 4. The van der Waals surface area contributed by atoms with Crippen molar-refractivity contribution in [3.8, 4) is 5.75 Å². The van der Waals surface area contributed by atoms with Gasteiger partial charge in [0.15, 0.2) is 0 Å². The molecule has 2 rings (SSSR count). The molecule has 19 heavy (non-hydrogen) atoms. The third-order valence-electron chi connectivity index (χ3n) is 2.68. The molecule has 0 spiro atoms. The van der Waals surface area contributed by atoms with Gasteiger partial charge in [-0.1, -0.05) is 18.2 Å². The van der Waals surface area contributed by atoms with Crippen molar-refractivity contribution < 1.29 is 9.53 Å². The predicted molar refractivity (Wildman–Crippen MR) is 70.9 cm³/mol. The number of amides is 1. The van der Waals surface area contributed by atoms with Crippen molar-refractivity contribution >= 4 is 5.91 Å². The van der Waals surface area contributed by atoms with E-state index in [0.717, 1.165) is 11.3 Å². The lowest BCUT2D eigenvalue weighted by Gasteiger charge is -2.09. The first-order chi connectivity index (χ1) is 9.20. The number of methoxy groups -OCH3 is 1. The first-order valence-electron chi connectivity index (χ1n) is 5.89. The minimum atomic E-state index is -0.203. The van der Waals surface area contributed by atoms with Gasteiger partial charge in [0.1, 0.15) is 11.6 Å². The summed E-state index contributed by atoms with van der Waals surface area (Å²) in [5.41, 5.74) is 1.37. The smallest absolute Gasteiger partial charge is 0.254 e. The summed E-state index contributed by atoms with van der Waals surface area (Å²) in [7, 11) is 1.61. The van der Waals surface area contributed by atoms with Crippen molar-refractivity contribution in [1.29, 1.82) is 0 Å². The van der Waals surface area contributed by atoms with Gasteiger partial charge < -0.3 is 10.1 Å². The van der Waals surface area contributed by atoms with Crippen LogP contribution in [-0.2, 0) is 6.54 Å². The number of hydrogen-bond donors (Lipinski definition) is 1. The molecule has 0 aliphatic rings. The Kier molecular flexibility index (Phi) is 4.07. The fraction of sp³-hybridized carbons (Fsp3) is 0.214. The van der Waals surface area contributed by atoms with Gasteiger partial charge in [0, 0.05) is 24.5 Å². The molecule has 0 aliphatic heterocycles. The SMILES string of the molecule is COc1ccccc1CNC(=O)c1cnc(C)nc1. The number of nitrogens with zero attached hydrogens (tertiary/aromatic N) is 2. The van der Waals surface area contributed by atoms with Crippen LogP contribution in [0.4, 0.5) is 0 Å². The molecule has 5 heteroatoms. The van der Waals surface area contributed by atoms with Crippen molar-refractivity contribution in [2.24, 2.45) is 0 Å². The van der Waals surface area contributed by atoms with E-state index in [0.29, 0.717) is 17.9 Å².